The number of carboxylic acid groups (broad SMARTS) is 1. The first kappa shape index (κ1) is 13.6. The number of aromatic nitrogens is 3. The molecule has 2 aromatic heterocycles. The number of rotatable bonds is 3. The summed E-state index contributed by atoms with van der Waals surface area (Å²) in [6.45, 7) is 5.61. The van der Waals surface area contributed by atoms with Gasteiger partial charge in [-0.3, -0.25) is 4.68 Å². The summed E-state index contributed by atoms with van der Waals surface area (Å²) in [4.78, 5) is 15.7. The minimum absolute atomic E-state index is 0.244. The summed E-state index contributed by atoms with van der Waals surface area (Å²) in [6.07, 6.45) is 0. The highest BCUT2D eigenvalue weighted by Gasteiger charge is 2.20. The van der Waals surface area contributed by atoms with E-state index in [0.29, 0.717) is 10.7 Å². The van der Waals surface area contributed by atoms with Crippen LogP contribution in [0.1, 0.15) is 27.3 Å². The van der Waals surface area contributed by atoms with Crippen LogP contribution in [0.3, 0.4) is 0 Å². The number of hydrogen-bond acceptors (Lipinski definition) is 4. The lowest BCUT2D eigenvalue weighted by Crippen LogP contribution is -2.01. The molecule has 5 nitrogen and oxygen atoms in total. The van der Waals surface area contributed by atoms with Crippen molar-refractivity contribution in [2.24, 2.45) is 7.05 Å². The summed E-state index contributed by atoms with van der Waals surface area (Å²) in [7, 11) is 1.74. The number of hydrogen-bond donors (Lipinski definition) is 1. The molecule has 0 aliphatic heterocycles. The van der Waals surface area contributed by atoms with Gasteiger partial charge in [0.05, 0.1) is 5.69 Å². The molecule has 2 rings (SSSR count). The predicted octanol–water partition coefficient (Wildman–Crippen LogP) is 2.59. The number of carboxylic acids is 1. The average Bonchev–Trinajstić information content (AvgIpc) is 2.52. The Balaban J connectivity index is 2.46. The monoisotopic (exact) mass is 277 g/mol. The van der Waals surface area contributed by atoms with Gasteiger partial charge >= 0.3 is 5.97 Å². The SMILES string of the molecule is Cc1cc(C)nc(Sc2c(C(=O)O)c(C)nn2C)c1. The number of nitrogens with zero attached hydrogens (tertiary/aromatic N) is 3. The van der Waals surface area contributed by atoms with Crippen molar-refractivity contribution in [2.45, 2.75) is 30.8 Å². The Labute approximate surface area is 115 Å². The molecule has 2 heterocycles. The van der Waals surface area contributed by atoms with Crippen LogP contribution in [0.4, 0.5) is 0 Å². The van der Waals surface area contributed by atoms with Crippen molar-refractivity contribution >= 4 is 17.7 Å². The number of aromatic carboxylic acids is 1. The fourth-order valence-electron chi connectivity index (χ4n) is 1.96. The third-order valence-electron chi connectivity index (χ3n) is 2.66. The quantitative estimate of drug-likeness (QED) is 0.934. The van der Waals surface area contributed by atoms with E-state index in [0.717, 1.165) is 16.3 Å². The maximum atomic E-state index is 11.3. The van der Waals surface area contributed by atoms with E-state index in [2.05, 4.69) is 10.1 Å². The third kappa shape index (κ3) is 2.78. The highest BCUT2D eigenvalue weighted by molar-refractivity contribution is 7.99. The average molecular weight is 277 g/mol. The van der Waals surface area contributed by atoms with Crippen LogP contribution >= 0.6 is 11.8 Å². The van der Waals surface area contributed by atoms with E-state index in [1.807, 2.05) is 26.0 Å². The van der Waals surface area contributed by atoms with Gasteiger partial charge in [0.1, 0.15) is 15.6 Å². The maximum absolute atomic E-state index is 11.3. The van der Waals surface area contributed by atoms with Crippen LogP contribution in [0.25, 0.3) is 0 Å². The van der Waals surface area contributed by atoms with Crippen LogP contribution < -0.4 is 0 Å². The first-order valence-corrected chi connectivity index (χ1v) is 6.60. The second kappa shape index (κ2) is 5.05. The molecule has 1 N–H and O–H groups in total. The summed E-state index contributed by atoms with van der Waals surface area (Å²) in [6, 6.07) is 3.92. The molecule has 0 unspecified atom stereocenters. The van der Waals surface area contributed by atoms with Crippen molar-refractivity contribution in [1.29, 1.82) is 0 Å². The lowest BCUT2D eigenvalue weighted by molar-refractivity contribution is 0.0692. The molecule has 0 bridgehead atoms. The molecule has 6 heteroatoms. The molecule has 0 spiro atoms. The molecule has 0 saturated heterocycles. The lowest BCUT2D eigenvalue weighted by Gasteiger charge is -2.05. The molecule has 0 aliphatic rings. The van der Waals surface area contributed by atoms with Crippen molar-refractivity contribution in [3.8, 4) is 0 Å². The van der Waals surface area contributed by atoms with Crippen molar-refractivity contribution < 1.29 is 9.90 Å². The molecule has 0 fully saturated rings. The second-order valence-electron chi connectivity index (χ2n) is 4.42. The van der Waals surface area contributed by atoms with Gasteiger partial charge in [-0.2, -0.15) is 5.10 Å². The highest BCUT2D eigenvalue weighted by atomic mass is 32.2. The maximum Gasteiger partial charge on any atom is 0.340 e. The zero-order chi connectivity index (χ0) is 14.2. The van der Waals surface area contributed by atoms with Crippen LogP contribution in [-0.4, -0.2) is 25.8 Å². The Bertz CT molecular complexity index is 629. The molecule has 19 heavy (non-hydrogen) atoms. The Morgan fingerprint density at radius 2 is 2.00 bits per heavy atom. The Morgan fingerprint density at radius 1 is 1.32 bits per heavy atom. The topological polar surface area (TPSA) is 68.0 Å². The minimum atomic E-state index is -0.961. The zero-order valence-electron chi connectivity index (χ0n) is 11.3. The van der Waals surface area contributed by atoms with Crippen LogP contribution in [0.5, 0.6) is 0 Å². The number of aryl methyl sites for hydroxylation is 4. The lowest BCUT2D eigenvalue weighted by atomic mass is 10.2. The molecule has 0 saturated carbocycles. The van der Waals surface area contributed by atoms with Crippen LogP contribution in [0.15, 0.2) is 22.2 Å². The summed E-state index contributed by atoms with van der Waals surface area (Å²) < 4.78 is 1.59. The van der Waals surface area contributed by atoms with Gasteiger partial charge < -0.3 is 5.11 Å². The van der Waals surface area contributed by atoms with Crippen molar-refractivity contribution in [2.75, 3.05) is 0 Å². The molecule has 0 atom stereocenters. The van der Waals surface area contributed by atoms with Crippen molar-refractivity contribution in [1.82, 2.24) is 14.8 Å². The van der Waals surface area contributed by atoms with Gasteiger partial charge in [0.2, 0.25) is 0 Å². The Hall–Kier alpha value is -1.82. The van der Waals surface area contributed by atoms with E-state index >= 15 is 0 Å². The number of pyridine rings is 1. The van der Waals surface area contributed by atoms with E-state index in [1.54, 1.807) is 18.7 Å². The van der Waals surface area contributed by atoms with Gasteiger partial charge in [-0.1, -0.05) is 0 Å². The standard InChI is InChI=1S/C13H15N3O2S/c1-7-5-8(2)14-10(6-7)19-12-11(13(17)18)9(3)15-16(12)4/h5-6H,1-4H3,(H,17,18). The minimum Gasteiger partial charge on any atom is -0.478 e. The van der Waals surface area contributed by atoms with Crippen molar-refractivity contribution in [3.63, 3.8) is 0 Å². The molecule has 0 aromatic carbocycles. The van der Waals surface area contributed by atoms with Gasteiger partial charge in [0.25, 0.3) is 0 Å². The zero-order valence-corrected chi connectivity index (χ0v) is 12.1. The van der Waals surface area contributed by atoms with Crippen LogP contribution in [0.2, 0.25) is 0 Å². The summed E-state index contributed by atoms with van der Waals surface area (Å²) in [5.74, 6) is -0.961. The molecule has 0 amide bonds. The fourth-order valence-corrected chi connectivity index (χ4v) is 3.10. The first-order valence-electron chi connectivity index (χ1n) is 5.78. The van der Waals surface area contributed by atoms with Gasteiger partial charge in [-0.05, 0) is 50.2 Å². The van der Waals surface area contributed by atoms with Crippen LogP contribution in [-0.2, 0) is 7.05 Å². The second-order valence-corrected chi connectivity index (χ2v) is 5.43. The largest absolute Gasteiger partial charge is 0.478 e. The summed E-state index contributed by atoms with van der Waals surface area (Å²) in [5, 5.41) is 14.8. The molecule has 0 radical (unpaired) electrons. The Kier molecular flexibility index (Phi) is 3.61. The number of carbonyl (C=O) groups is 1. The molecular weight excluding hydrogens is 262 g/mol. The molecular formula is C13H15N3O2S. The van der Waals surface area contributed by atoms with Gasteiger partial charge in [-0.15, -0.1) is 0 Å². The van der Waals surface area contributed by atoms with E-state index in [-0.39, 0.29) is 5.56 Å². The van der Waals surface area contributed by atoms with E-state index in [9.17, 15) is 9.90 Å². The van der Waals surface area contributed by atoms with Gasteiger partial charge in [0, 0.05) is 12.7 Å². The first-order chi connectivity index (χ1) is 8.88. The Morgan fingerprint density at radius 3 is 2.58 bits per heavy atom. The molecule has 2 aromatic rings. The van der Waals surface area contributed by atoms with Crippen LogP contribution in [0, 0.1) is 20.8 Å². The van der Waals surface area contributed by atoms with E-state index < -0.39 is 5.97 Å². The fraction of sp³-hybridized carbons (Fsp3) is 0.308. The van der Waals surface area contributed by atoms with E-state index in [1.165, 1.54) is 11.8 Å². The van der Waals surface area contributed by atoms with E-state index in [4.69, 9.17) is 0 Å². The normalized spacial score (nSPS) is 10.7. The summed E-state index contributed by atoms with van der Waals surface area (Å²) >= 11 is 1.33. The smallest absolute Gasteiger partial charge is 0.340 e. The van der Waals surface area contributed by atoms with Gasteiger partial charge in [0.15, 0.2) is 0 Å². The molecule has 100 valence electrons. The molecule has 0 aliphatic carbocycles. The highest BCUT2D eigenvalue weighted by Crippen LogP contribution is 2.31. The van der Waals surface area contributed by atoms with Gasteiger partial charge in [-0.25, -0.2) is 9.78 Å². The third-order valence-corrected chi connectivity index (χ3v) is 3.74. The summed E-state index contributed by atoms with van der Waals surface area (Å²) in [5.41, 5.74) is 2.78. The predicted molar refractivity (Wildman–Crippen MR) is 72.7 cm³/mol. The van der Waals surface area contributed by atoms with Crippen molar-refractivity contribution in [3.05, 3.63) is 34.6 Å².